The Labute approximate surface area is 114 Å². The molecule has 0 saturated carbocycles. The van der Waals surface area contributed by atoms with E-state index in [9.17, 15) is 4.79 Å². The van der Waals surface area contributed by atoms with Crippen LogP contribution in [0.4, 0.5) is 0 Å². The largest absolute Gasteiger partial charge is 0.345 e. The first kappa shape index (κ1) is 12.8. The zero-order chi connectivity index (χ0) is 13.0. The highest BCUT2D eigenvalue weighted by Gasteiger charge is 2.11. The van der Waals surface area contributed by atoms with Gasteiger partial charge in [0.1, 0.15) is 4.60 Å². The fourth-order valence-electron chi connectivity index (χ4n) is 1.62. The van der Waals surface area contributed by atoms with Crippen molar-refractivity contribution in [2.24, 2.45) is 0 Å². The van der Waals surface area contributed by atoms with Gasteiger partial charge in [-0.25, -0.2) is 4.98 Å². The van der Waals surface area contributed by atoms with E-state index >= 15 is 0 Å². The Bertz CT molecular complexity index is 525. The number of nitrogens with one attached hydrogen (secondary N) is 1. The summed E-state index contributed by atoms with van der Waals surface area (Å²) in [5, 5.41) is 2.94. The molecule has 3 nitrogen and oxygen atoms in total. The minimum Gasteiger partial charge on any atom is -0.345 e. The number of carbonyl (C=O) groups excluding carboxylic acids is 1. The molecule has 0 aliphatic carbocycles. The van der Waals surface area contributed by atoms with Gasteiger partial charge >= 0.3 is 0 Å². The van der Waals surface area contributed by atoms with Crippen molar-refractivity contribution < 1.29 is 4.79 Å². The maximum absolute atomic E-state index is 12.0. The highest BCUT2D eigenvalue weighted by Crippen LogP contribution is 2.12. The number of benzene rings is 1. The Morgan fingerprint density at radius 1 is 1.22 bits per heavy atom. The molecular formula is C14H13BrN2O. The number of pyridine rings is 1. The number of carbonyl (C=O) groups is 1. The van der Waals surface area contributed by atoms with Crippen molar-refractivity contribution in [3.8, 4) is 0 Å². The summed E-state index contributed by atoms with van der Waals surface area (Å²) < 4.78 is 0.718. The molecule has 1 amide bonds. The average molecular weight is 305 g/mol. The standard InChI is InChI=1S/C14H13BrN2O/c1-10(11-5-3-2-4-6-11)17-14(18)12-7-8-13(15)16-9-12/h2-10H,1H3,(H,17,18). The van der Waals surface area contributed by atoms with Crippen LogP contribution in [-0.4, -0.2) is 10.9 Å². The lowest BCUT2D eigenvalue weighted by atomic mass is 10.1. The normalized spacial score (nSPS) is 11.9. The lowest BCUT2D eigenvalue weighted by molar-refractivity contribution is 0.0939. The summed E-state index contributed by atoms with van der Waals surface area (Å²) in [4.78, 5) is 16.0. The van der Waals surface area contributed by atoms with Gasteiger partial charge in [-0.1, -0.05) is 30.3 Å². The number of hydrogen-bond acceptors (Lipinski definition) is 2. The van der Waals surface area contributed by atoms with E-state index in [1.54, 1.807) is 18.3 Å². The minimum atomic E-state index is -0.119. The van der Waals surface area contributed by atoms with Gasteiger partial charge in [0.05, 0.1) is 11.6 Å². The van der Waals surface area contributed by atoms with E-state index in [0.29, 0.717) is 5.56 Å². The predicted octanol–water partition coefficient (Wildman–Crippen LogP) is 3.34. The second kappa shape index (κ2) is 5.78. The van der Waals surface area contributed by atoms with E-state index in [4.69, 9.17) is 0 Å². The van der Waals surface area contributed by atoms with Crippen LogP contribution in [0.3, 0.4) is 0 Å². The van der Waals surface area contributed by atoms with Crippen LogP contribution >= 0.6 is 15.9 Å². The molecular weight excluding hydrogens is 292 g/mol. The van der Waals surface area contributed by atoms with Crippen molar-refractivity contribution in [3.63, 3.8) is 0 Å². The predicted molar refractivity (Wildman–Crippen MR) is 74.3 cm³/mol. The van der Waals surface area contributed by atoms with Crippen LogP contribution in [0.2, 0.25) is 0 Å². The third kappa shape index (κ3) is 3.17. The van der Waals surface area contributed by atoms with Crippen molar-refractivity contribution in [1.82, 2.24) is 10.3 Å². The molecule has 0 bridgehead atoms. The van der Waals surface area contributed by atoms with E-state index in [1.807, 2.05) is 37.3 Å². The molecule has 1 N–H and O–H groups in total. The van der Waals surface area contributed by atoms with Crippen molar-refractivity contribution in [1.29, 1.82) is 0 Å². The number of nitrogens with zero attached hydrogens (tertiary/aromatic N) is 1. The molecule has 1 aromatic heterocycles. The summed E-state index contributed by atoms with van der Waals surface area (Å²) in [7, 11) is 0. The van der Waals surface area contributed by atoms with Crippen LogP contribution < -0.4 is 5.32 Å². The summed E-state index contributed by atoms with van der Waals surface area (Å²) in [6.45, 7) is 1.96. The van der Waals surface area contributed by atoms with Gasteiger partial charge in [0.2, 0.25) is 0 Å². The van der Waals surface area contributed by atoms with Crippen molar-refractivity contribution in [3.05, 3.63) is 64.4 Å². The molecule has 0 aliphatic heterocycles. The zero-order valence-corrected chi connectivity index (χ0v) is 11.5. The first-order valence-corrected chi connectivity index (χ1v) is 6.43. The lowest BCUT2D eigenvalue weighted by Gasteiger charge is -2.14. The molecule has 0 aliphatic rings. The Morgan fingerprint density at radius 2 is 1.94 bits per heavy atom. The fraction of sp³-hybridized carbons (Fsp3) is 0.143. The molecule has 1 heterocycles. The summed E-state index contributed by atoms with van der Waals surface area (Å²) in [6, 6.07) is 13.3. The van der Waals surface area contributed by atoms with E-state index in [2.05, 4.69) is 26.2 Å². The van der Waals surface area contributed by atoms with Crippen molar-refractivity contribution in [2.45, 2.75) is 13.0 Å². The van der Waals surface area contributed by atoms with Gasteiger partial charge < -0.3 is 5.32 Å². The van der Waals surface area contributed by atoms with Crippen LogP contribution in [0, 0.1) is 0 Å². The second-order valence-electron chi connectivity index (χ2n) is 3.98. The van der Waals surface area contributed by atoms with Crippen LogP contribution in [0.15, 0.2) is 53.3 Å². The van der Waals surface area contributed by atoms with E-state index in [-0.39, 0.29) is 11.9 Å². The van der Waals surface area contributed by atoms with Gasteiger partial charge in [-0.2, -0.15) is 0 Å². The molecule has 4 heteroatoms. The molecule has 92 valence electrons. The molecule has 1 atom stereocenters. The number of halogens is 1. The molecule has 0 fully saturated rings. The molecule has 0 saturated heterocycles. The van der Waals surface area contributed by atoms with Crippen molar-refractivity contribution in [2.75, 3.05) is 0 Å². The van der Waals surface area contributed by atoms with Gasteiger partial charge in [0.25, 0.3) is 5.91 Å². The molecule has 1 unspecified atom stereocenters. The molecule has 2 aromatic rings. The number of amides is 1. The highest BCUT2D eigenvalue weighted by atomic mass is 79.9. The van der Waals surface area contributed by atoms with Gasteiger partial charge in [-0.05, 0) is 40.5 Å². The van der Waals surface area contributed by atoms with Crippen LogP contribution in [0.25, 0.3) is 0 Å². The third-order valence-corrected chi connectivity index (χ3v) is 3.11. The quantitative estimate of drug-likeness (QED) is 0.884. The average Bonchev–Trinajstić information content (AvgIpc) is 2.40. The van der Waals surface area contributed by atoms with E-state index in [0.717, 1.165) is 10.2 Å². The smallest absolute Gasteiger partial charge is 0.253 e. The lowest BCUT2D eigenvalue weighted by Crippen LogP contribution is -2.26. The Balaban J connectivity index is 2.06. The van der Waals surface area contributed by atoms with Crippen LogP contribution in [-0.2, 0) is 0 Å². The number of hydrogen-bond donors (Lipinski definition) is 1. The van der Waals surface area contributed by atoms with Crippen LogP contribution in [0.1, 0.15) is 28.9 Å². The monoisotopic (exact) mass is 304 g/mol. The fourth-order valence-corrected chi connectivity index (χ4v) is 1.85. The van der Waals surface area contributed by atoms with Gasteiger partial charge in [-0.3, -0.25) is 4.79 Å². The van der Waals surface area contributed by atoms with Crippen LogP contribution in [0.5, 0.6) is 0 Å². The summed E-state index contributed by atoms with van der Waals surface area (Å²) in [5.41, 5.74) is 1.64. The van der Waals surface area contributed by atoms with E-state index in [1.165, 1.54) is 0 Å². The zero-order valence-electron chi connectivity index (χ0n) is 9.93. The third-order valence-electron chi connectivity index (χ3n) is 2.64. The molecule has 0 spiro atoms. The first-order chi connectivity index (χ1) is 8.66. The maximum Gasteiger partial charge on any atom is 0.253 e. The number of aromatic nitrogens is 1. The Kier molecular flexibility index (Phi) is 4.10. The second-order valence-corrected chi connectivity index (χ2v) is 4.79. The Hall–Kier alpha value is -1.68. The topological polar surface area (TPSA) is 42.0 Å². The van der Waals surface area contributed by atoms with Gasteiger partial charge in [0.15, 0.2) is 0 Å². The summed E-state index contributed by atoms with van der Waals surface area (Å²) in [5.74, 6) is -0.119. The Morgan fingerprint density at radius 3 is 2.56 bits per heavy atom. The van der Waals surface area contributed by atoms with Crippen molar-refractivity contribution >= 4 is 21.8 Å². The SMILES string of the molecule is CC(NC(=O)c1ccc(Br)nc1)c1ccccc1. The molecule has 1 aromatic carbocycles. The van der Waals surface area contributed by atoms with Gasteiger partial charge in [0, 0.05) is 6.20 Å². The summed E-state index contributed by atoms with van der Waals surface area (Å²) in [6.07, 6.45) is 1.55. The maximum atomic E-state index is 12.0. The number of rotatable bonds is 3. The summed E-state index contributed by atoms with van der Waals surface area (Å²) >= 11 is 3.24. The highest BCUT2D eigenvalue weighted by molar-refractivity contribution is 9.10. The molecule has 0 radical (unpaired) electrons. The first-order valence-electron chi connectivity index (χ1n) is 5.64. The molecule has 2 rings (SSSR count). The molecule has 18 heavy (non-hydrogen) atoms. The van der Waals surface area contributed by atoms with Gasteiger partial charge in [-0.15, -0.1) is 0 Å². The minimum absolute atomic E-state index is 0.0256. The van der Waals surface area contributed by atoms with E-state index < -0.39 is 0 Å².